The second-order valence-electron chi connectivity index (χ2n) is 4.40. The summed E-state index contributed by atoms with van der Waals surface area (Å²) in [5.74, 6) is 1.41. The molecule has 1 aliphatic rings. The third-order valence-electron chi connectivity index (χ3n) is 2.88. The first-order valence-electron chi connectivity index (χ1n) is 5.86. The van der Waals surface area contributed by atoms with Crippen molar-refractivity contribution in [3.8, 4) is 11.3 Å². The molecule has 0 atom stereocenters. The molecule has 3 rings (SSSR count). The van der Waals surface area contributed by atoms with Gasteiger partial charge in [-0.15, -0.1) is 0 Å². The summed E-state index contributed by atoms with van der Waals surface area (Å²) in [5.41, 5.74) is 0.884. The van der Waals surface area contributed by atoms with Gasteiger partial charge in [0.2, 0.25) is 5.89 Å². The van der Waals surface area contributed by atoms with Crippen molar-refractivity contribution in [1.29, 1.82) is 0 Å². The Labute approximate surface area is 115 Å². The summed E-state index contributed by atoms with van der Waals surface area (Å²) in [6, 6.07) is 6.05. The Morgan fingerprint density at radius 1 is 1.28 bits per heavy atom. The Kier molecular flexibility index (Phi) is 3.29. The Hall–Kier alpha value is -1.03. The molecular weight excluding hydrogens is 271 g/mol. The van der Waals surface area contributed by atoms with Gasteiger partial charge in [-0.25, -0.2) is 4.98 Å². The first-order chi connectivity index (χ1) is 8.72. The zero-order chi connectivity index (χ0) is 12.5. The van der Waals surface area contributed by atoms with Crippen LogP contribution in [0.2, 0.25) is 10.0 Å². The van der Waals surface area contributed by atoms with Gasteiger partial charge in [0, 0.05) is 11.6 Å². The van der Waals surface area contributed by atoms with Crippen molar-refractivity contribution in [2.45, 2.75) is 25.4 Å². The maximum absolute atomic E-state index is 5.98. The molecule has 1 heterocycles. The van der Waals surface area contributed by atoms with E-state index in [0.29, 0.717) is 34.3 Å². The Morgan fingerprint density at radius 3 is 2.83 bits per heavy atom. The number of nitrogens with zero attached hydrogens (tertiary/aromatic N) is 1. The molecule has 3 nitrogen and oxygen atoms in total. The smallest absolute Gasteiger partial charge is 0.208 e. The van der Waals surface area contributed by atoms with Crippen LogP contribution in [-0.4, -0.2) is 11.0 Å². The topological polar surface area (TPSA) is 38.1 Å². The predicted octanol–water partition coefficient (Wildman–Crippen LogP) is 3.90. The fraction of sp³-hybridized carbons (Fsp3) is 0.308. The van der Waals surface area contributed by atoms with Gasteiger partial charge in [-0.2, -0.15) is 0 Å². The zero-order valence-corrected chi connectivity index (χ0v) is 11.1. The van der Waals surface area contributed by atoms with Crippen LogP contribution in [0.3, 0.4) is 0 Å². The van der Waals surface area contributed by atoms with E-state index in [9.17, 15) is 0 Å². The van der Waals surface area contributed by atoms with Gasteiger partial charge in [0.15, 0.2) is 5.76 Å². The van der Waals surface area contributed by atoms with Gasteiger partial charge in [0.25, 0.3) is 0 Å². The van der Waals surface area contributed by atoms with E-state index in [1.807, 2.05) is 6.07 Å². The number of nitrogens with one attached hydrogen (secondary N) is 1. The molecular formula is C13H12Cl2N2O. The second kappa shape index (κ2) is 4.92. The molecule has 1 fully saturated rings. The van der Waals surface area contributed by atoms with Crippen molar-refractivity contribution in [1.82, 2.24) is 10.3 Å². The van der Waals surface area contributed by atoms with E-state index in [-0.39, 0.29) is 0 Å². The van der Waals surface area contributed by atoms with Crippen molar-refractivity contribution in [2.24, 2.45) is 0 Å². The molecule has 0 unspecified atom stereocenters. The lowest BCUT2D eigenvalue weighted by Gasteiger charge is -2.00. The van der Waals surface area contributed by atoms with Crippen molar-refractivity contribution >= 4 is 23.2 Å². The van der Waals surface area contributed by atoms with Gasteiger partial charge in [-0.1, -0.05) is 23.2 Å². The van der Waals surface area contributed by atoms with Crippen molar-refractivity contribution in [2.75, 3.05) is 0 Å². The van der Waals surface area contributed by atoms with Crippen LogP contribution >= 0.6 is 23.2 Å². The summed E-state index contributed by atoms with van der Waals surface area (Å²) < 4.78 is 5.67. The molecule has 1 N–H and O–H groups in total. The van der Waals surface area contributed by atoms with E-state index in [1.54, 1.807) is 18.3 Å². The van der Waals surface area contributed by atoms with Crippen LogP contribution in [0, 0.1) is 0 Å². The van der Waals surface area contributed by atoms with Gasteiger partial charge in [-0.3, -0.25) is 0 Å². The largest absolute Gasteiger partial charge is 0.439 e. The molecule has 0 spiro atoms. The summed E-state index contributed by atoms with van der Waals surface area (Å²) in [6.07, 6.45) is 4.21. The van der Waals surface area contributed by atoms with Crippen LogP contribution in [0.25, 0.3) is 11.3 Å². The van der Waals surface area contributed by atoms with Crippen LogP contribution in [0.4, 0.5) is 0 Å². The quantitative estimate of drug-likeness (QED) is 0.924. The Morgan fingerprint density at radius 2 is 2.11 bits per heavy atom. The molecule has 94 valence electrons. The third-order valence-corrected chi connectivity index (χ3v) is 3.62. The first-order valence-corrected chi connectivity index (χ1v) is 6.61. The third kappa shape index (κ3) is 2.69. The lowest BCUT2D eigenvalue weighted by molar-refractivity contribution is 0.476. The molecule has 0 amide bonds. The average Bonchev–Trinajstić information content (AvgIpc) is 3.08. The SMILES string of the molecule is Clc1ccc(-c2cnc(CNC3CC3)o2)cc1Cl. The molecule has 2 aromatic rings. The lowest BCUT2D eigenvalue weighted by atomic mass is 10.2. The van der Waals surface area contributed by atoms with E-state index in [2.05, 4.69) is 10.3 Å². The van der Waals surface area contributed by atoms with Crippen LogP contribution in [0.5, 0.6) is 0 Å². The normalized spacial score (nSPS) is 15.0. The maximum atomic E-state index is 5.98. The zero-order valence-electron chi connectivity index (χ0n) is 9.62. The maximum Gasteiger partial charge on any atom is 0.208 e. The minimum absolute atomic E-state index is 0.517. The van der Waals surface area contributed by atoms with Crippen LogP contribution < -0.4 is 5.32 Å². The number of oxazole rings is 1. The molecule has 0 radical (unpaired) electrons. The lowest BCUT2D eigenvalue weighted by Crippen LogP contribution is -2.15. The number of hydrogen-bond donors (Lipinski definition) is 1. The summed E-state index contributed by atoms with van der Waals surface area (Å²) in [4.78, 5) is 4.24. The number of rotatable bonds is 4. The Bertz CT molecular complexity index is 564. The van der Waals surface area contributed by atoms with Crippen molar-refractivity contribution < 1.29 is 4.42 Å². The summed E-state index contributed by atoms with van der Waals surface area (Å²) in [6.45, 7) is 0.673. The fourth-order valence-electron chi connectivity index (χ4n) is 1.69. The molecule has 5 heteroatoms. The molecule has 1 aliphatic carbocycles. The first kappa shape index (κ1) is 12.0. The number of hydrogen-bond acceptors (Lipinski definition) is 3. The highest BCUT2D eigenvalue weighted by Gasteiger charge is 2.21. The molecule has 1 aromatic heterocycles. The summed E-state index contributed by atoms with van der Waals surface area (Å²) in [5, 5.41) is 4.41. The van der Waals surface area contributed by atoms with E-state index in [0.717, 1.165) is 5.56 Å². The van der Waals surface area contributed by atoms with Crippen molar-refractivity contribution in [3.63, 3.8) is 0 Å². The molecule has 0 aliphatic heterocycles. The van der Waals surface area contributed by atoms with Crippen molar-refractivity contribution in [3.05, 3.63) is 40.3 Å². The number of aromatic nitrogens is 1. The highest BCUT2D eigenvalue weighted by Crippen LogP contribution is 2.29. The van der Waals surface area contributed by atoms with E-state index < -0.39 is 0 Å². The standard InChI is InChI=1S/C13H12Cl2N2O/c14-10-4-1-8(5-11(10)15)12-6-17-13(18-12)7-16-9-2-3-9/h1,4-6,9,16H,2-3,7H2. The van der Waals surface area contributed by atoms with E-state index in [4.69, 9.17) is 27.6 Å². The van der Waals surface area contributed by atoms with Gasteiger partial charge >= 0.3 is 0 Å². The van der Waals surface area contributed by atoms with Crippen LogP contribution in [0.1, 0.15) is 18.7 Å². The van der Waals surface area contributed by atoms with Gasteiger partial charge in [0.1, 0.15) is 0 Å². The molecule has 1 saturated carbocycles. The van der Waals surface area contributed by atoms with Gasteiger partial charge in [-0.05, 0) is 31.0 Å². The predicted molar refractivity (Wildman–Crippen MR) is 71.8 cm³/mol. The van der Waals surface area contributed by atoms with E-state index in [1.165, 1.54) is 12.8 Å². The summed E-state index contributed by atoms with van der Waals surface area (Å²) >= 11 is 11.9. The van der Waals surface area contributed by atoms with Gasteiger partial charge < -0.3 is 9.73 Å². The fourth-order valence-corrected chi connectivity index (χ4v) is 1.99. The highest BCUT2D eigenvalue weighted by molar-refractivity contribution is 6.42. The minimum Gasteiger partial charge on any atom is -0.439 e. The molecule has 1 aromatic carbocycles. The molecule has 0 bridgehead atoms. The molecule has 0 saturated heterocycles. The molecule has 18 heavy (non-hydrogen) atoms. The average molecular weight is 283 g/mol. The Balaban J connectivity index is 1.76. The monoisotopic (exact) mass is 282 g/mol. The highest BCUT2D eigenvalue weighted by atomic mass is 35.5. The summed E-state index contributed by atoms with van der Waals surface area (Å²) in [7, 11) is 0. The number of benzene rings is 1. The van der Waals surface area contributed by atoms with E-state index >= 15 is 0 Å². The van der Waals surface area contributed by atoms with Gasteiger partial charge in [0.05, 0.1) is 22.8 Å². The minimum atomic E-state index is 0.517. The second-order valence-corrected chi connectivity index (χ2v) is 5.22. The number of halogens is 2. The van der Waals surface area contributed by atoms with Crippen LogP contribution in [-0.2, 0) is 6.54 Å². The van der Waals surface area contributed by atoms with Crippen LogP contribution in [0.15, 0.2) is 28.8 Å².